The molecule has 3 aliphatic rings. The summed E-state index contributed by atoms with van der Waals surface area (Å²) in [5.74, 6) is 0.681. The van der Waals surface area contributed by atoms with Crippen molar-refractivity contribution in [3.63, 3.8) is 0 Å². The van der Waals surface area contributed by atoms with Crippen molar-refractivity contribution in [3.8, 4) is 0 Å². The summed E-state index contributed by atoms with van der Waals surface area (Å²) in [4.78, 5) is 0. The number of hydrogen-bond donors (Lipinski definition) is 0. The van der Waals surface area contributed by atoms with Crippen molar-refractivity contribution in [1.29, 1.82) is 0 Å². The van der Waals surface area contributed by atoms with Gasteiger partial charge in [0.15, 0.2) is 0 Å². The van der Waals surface area contributed by atoms with Crippen LogP contribution < -0.4 is 10.4 Å². The van der Waals surface area contributed by atoms with Crippen LogP contribution in [0.2, 0.25) is 0 Å². The normalized spacial score (nSPS) is 22.5. The molecule has 140 valence electrons. The van der Waals surface area contributed by atoms with Crippen molar-refractivity contribution < 1.29 is 4.39 Å². The minimum Gasteiger partial charge on any atom is -0.207 e. The summed E-state index contributed by atoms with van der Waals surface area (Å²) in [5, 5.41) is 2.79. The van der Waals surface area contributed by atoms with E-state index >= 15 is 0 Å². The minimum atomic E-state index is -0.152. The van der Waals surface area contributed by atoms with Crippen LogP contribution in [0.25, 0.3) is 23.8 Å². The highest BCUT2D eigenvalue weighted by Crippen LogP contribution is 2.38. The van der Waals surface area contributed by atoms with Crippen molar-refractivity contribution in [3.05, 3.63) is 92.1 Å². The lowest BCUT2D eigenvalue weighted by atomic mass is 9.77. The second-order valence-electron chi connectivity index (χ2n) is 8.47. The molecule has 2 atom stereocenters. The monoisotopic (exact) mass is 368 g/mol. The van der Waals surface area contributed by atoms with Crippen LogP contribution in [-0.4, -0.2) is 0 Å². The molecule has 0 radical (unpaired) electrons. The molecule has 1 heteroatoms. The maximum Gasteiger partial charge on any atom is 0.123 e. The summed E-state index contributed by atoms with van der Waals surface area (Å²) in [6.07, 6.45) is 13.8. The first-order chi connectivity index (χ1) is 13.5. The first-order valence-corrected chi connectivity index (χ1v) is 10.2. The molecule has 0 nitrogen and oxygen atoms in total. The fourth-order valence-corrected chi connectivity index (χ4v) is 4.92. The number of hydrogen-bond acceptors (Lipinski definition) is 0. The fourth-order valence-electron chi connectivity index (χ4n) is 4.92. The summed E-state index contributed by atoms with van der Waals surface area (Å²) in [5.41, 5.74) is 9.30. The zero-order valence-electron chi connectivity index (χ0n) is 16.7. The molecule has 0 N–H and O–H groups in total. The molecule has 5 rings (SSSR count). The highest BCUT2D eigenvalue weighted by molar-refractivity contribution is 5.83. The summed E-state index contributed by atoms with van der Waals surface area (Å²) in [6.45, 7) is 6.50. The van der Waals surface area contributed by atoms with E-state index in [1.807, 2.05) is 13.0 Å². The molecule has 0 bridgehead atoms. The lowest BCUT2D eigenvalue weighted by Crippen LogP contribution is -2.34. The van der Waals surface area contributed by atoms with Gasteiger partial charge >= 0.3 is 0 Å². The van der Waals surface area contributed by atoms with E-state index in [1.54, 1.807) is 12.1 Å². The van der Waals surface area contributed by atoms with Gasteiger partial charge in [0, 0.05) is 5.92 Å². The molecule has 2 aromatic carbocycles. The topological polar surface area (TPSA) is 0 Å². The molecular formula is C27H25F. The van der Waals surface area contributed by atoms with E-state index in [1.165, 1.54) is 43.8 Å². The Balaban J connectivity index is 1.56. The van der Waals surface area contributed by atoms with Gasteiger partial charge in [-0.3, -0.25) is 0 Å². The molecule has 3 aliphatic carbocycles. The van der Waals surface area contributed by atoms with Crippen molar-refractivity contribution >= 4 is 23.8 Å². The van der Waals surface area contributed by atoms with E-state index in [9.17, 15) is 4.39 Å². The molecule has 0 fully saturated rings. The standard InChI is InChI=1S/C27H25F/c1-16-12-19-5-9-25-24-8-4-20(23-11-7-22(28)13-18(23)3)15-21(24)6-10-26(25)27(19)14-17(16)2/h4-5,7-14,17,20H,6,15H2,1-3H3/t17?,20-/m1/s1. The zero-order valence-corrected chi connectivity index (χ0v) is 16.7. The Morgan fingerprint density at radius 3 is 2.71 bits per heavy atom. The Kier molecular flexibility index (Phi) is 4.01. The highest BCUT2D eigenvalue weighted by atomic mass is 19.1. The maximum atomic E-state index is 13.5. The van der Waals surface area contributed by atoms with Crippen LogP contribution >= 0.6 is 0 Å². The lowest BCUT2D eigenvalue weighted by Gasteiger charge is -2.27. The third kappa shape index (κ3) is 2.73. The number of benzene rings is 2. The molecule has 0 aliphatic heterocycles. The van der Waals surface area contributed by atoms with E-state index in [4.69, 9.17) is 0 Å². The molecule has 0 amide bonds. The molecule has 1 unspecified atom stereocenters. The summed E-state index contributed by atoms with van der Waals surface area (Å²) in [7, 11) is 0. The van der Waals surface area contributed by atoms with Gasteiger partial charge in [-0.25, -0.2) is 4.39 Å². The molecule has 0 aromatic heterocycles. The number of fused-ring (bicyclic) bond motifs is 4. The summed E-state index contributed by atoms with van der Waals surface area (Å²) in [6, 6.07) is 9.75. The molecule has 2 aromatic rings. The minimum absolute atomic E-state index is 0.152. The van der Waals surface area contributed by atoms with Gasteiger partial charge in [-0.05, 0) is 83.0 Å². The first kappa shape index (κ1) is 17.4. The predicted octanol–water partition coefficient (Wildman–Crippen LogP) is 5.65. The van der Waals surface area contributed by atoms with Gasteiger partial charge in [-0.15, -0.1) is 0 Å². The van der Waals surface area contributed by atoms with Crippen molar-refractivity contribution in [1.82, 2.24) is 0 Å². The van der Waals surface area contributed by atoms with E-state index in [-0.39, 0.29) is 5.82 Å². The second kappa shape index (κ2) is 6.44. The van der Waals surface area contributed by atoms with Crippen LogP contribution in [0, 0.1) is 18.7 Å². The van der Waals surface area contributed by atoms with Gasteiger partial charge in [0.2, 0.25) is 0 Å². The van der Waals surface area contributed by atoms with E-state index < -0.39 is 0 Å². The van der Waals surface area contributed by atoms with Crippen LogP contribution in [-0.2, 0) is 0 Å². The molecule has 0 spiro atoms. The number of halogens is 1. The number of rotatable bonds is 1. The smallest absolute Gasteiger partial charge is 0.123 e. The average molecular weight is 368 g/mol. The number of aryl methyl sites for hydroxylation is 1. The third-order valence-electron chi connectivity index (χ3n) is 6.66. The van der Waals surface area contributed by atoms with Crippen LogP contribution in [0.5, 0.6) is 0 Å². The fraction of sp³-hybridized carbons (Fsp3) is 0.259. The zero-order chi connectivity index (χ0) is 19.4. The predicted molar refractivity (Wildman–Crippen MR) is 117 cm³/mol. The van der Waals surface area contributed by atoms with Crippen LogP contribution in [0.1, 0.15) is 54.9 Å². The Labute approximate surface area is 166 Å². The molecule has 0 heterocycles. The quantitative estimate of drug-likeness (QED) is 0.610. The molecule has 28 heavy (non-hydrogen) atoms. The van der Waals surface area contributed by atoms with Gasteiger partial charge in [0.1, 0.15) is 5.82 Å². The second-order valence-corrected chi connectivity index (χ2v) is 8.47. The van der Waals surface area contributed by atoms with Crippen molar-refractivity contribution in [2.24, 2.45) is 5.92 Å². The summed E-state index contributed by atoms with van der Waals surface area (Å²) < 4.78 is 13.5. The average Bonchev–Trinajstić information content (AvgIpc) is 2.68. The molecule has 0 saturated carbocycles. The van der Waals surface area contributed by atoms with Gasteiger partial charge in [0.25, 0.3) is 0 Å². The first-order valence-electron chi connectivity index (χ1n) is 10.2. The van der Waals surface area contributed by atoms with Crippen molar-refractivity contribution in [2.45, 2.75) is 39.5 Å². The van der Waals surface area contributed by atoms with Gasteiger partial charge in [-0.2, -0.15) is 0 Å². The largest absolute Gasteiger partial charge is 0.207 e. The van der Waals surface area contributed by atoms with Gasteiger partial charge < -0.3 is 0 Å². The Hall–Kier alpha value is -2.67. The van der Waals surface area contributed by atoms with Gasteiger partial charge in [0.05, 0.1) is 0 Å². The Bertz CT molecular complexity index is 1200. The van der Waals surface area contributed by atoms with Crippen LogP contribution in [0.4, 0.5) is 4.39 Å². The summed E-state index contributed by atoms with van der Waals surface area (Å²) >= 11 is 0. The molecular weight excluding hydrogens is 343 g/mol. The van der Waals surface area contributed by atoms with Crippen molar-refractivity contribution in [2.75, 3.05) is 0 Å². The van der Waals surface area contributed by atoms with E-state index in [2.05, 4.69) is 56.4 Å². The Morgan fingerprint density at radius 2 is 1.89 bits per heavy atom. The van der Waals surface area contributed by atoms with E-state index in [0.717, 1.165) is 18.4 Å². The van der Waals surface area contributed by atoms with Gasteiger partial charge in [-0.1, -0.05) is 66.6 Å². The Morgan fingerprint density at radius 1 is 1.04 bits per heavy atom. The van der Waals surface area contributed by atoms with Crippen LogP contribution in [0.3, 0.4) is 0 Å². The lowest BCUT2D eigenvalue weighted by molar-refractivity contribution is 0.624. The highest BCUT2D eigenvalue weighted by Gasteiger charge is 2.23. The van der Waals surface area contributed by atoms with Crippen LogP contribution in [0.15, 0.2) is 53.6 Å². The van der Waals surface area contributed by atoms with E-state index in [0.29, 0.717) is 11.8 Å². The maximum absolute atomic E-state index is 13.5. The molecule has 0 saturated heterocycles. The SMILES string of the molecule is CC1=Cc2ccc3c(c2=CC1C)=CCC1=C3C=C[C@@H](c2ccc(F)cc2C)C1. The number of allylic oxidation sites excluding steroid dienone is 5. The third-order valence-corrected chi connectivity index (χ3v) is 6.66.